The van der Waals surface area contributed by atoms with E-state index < -0.39 is 23.8 Å². The first kappa shape index (κ1) is 27.6. The molecule has 1 heterocycles. The molecular weight excluding hydrogens is 492 g/mol. The van der Waals surface area contributed by atoms with Crippen molar-refractivity contribution < 1.29 is 19.1 Å². The summed E-state index contributed by atoms with van der Waals surface area (Å²) in [5, 5.41) is 2.86. The standard InChI is InChI=1S/C26H32N6O4S/c1-15-6-7-16(2)19(14-15)32(26(35)23-20(27)21(24(28)33)30-37-23)22(25(34)29-12-13-36-5)17-8-10-18(11-9-17)31(3)4/h6-11,14,22H,12-13,27H2,1-5H3,(H2,28,33)(H,29,34)/t22-/m1/s1. The second kappa shape index (κ2) is 11.8. The zero-order chi connectivity index (χ0) is 27.3. The predicted octanol–water partition coefficient (Wildman–Crippen LogP) is 2.66. The molecule has 0 bridgehead atoms. The number of rotatable bonds is 10. The van der Waals surface area contributed by atoms with Crippen molar-refractivity contribution in [1.82, 2.24) is 9.69 Å². The monoisotopic (exact) mass is 524 g/mol. The number of aryl methyl sites for hydroxylation is 2. The van der Waals surface area contributed by atoms with E-state index in [9.17, 15) is 14.4 Å². The summed E-state index contributed by atoms with van der Waals surface area (Å²) in [5.74, 6) is -1.80. The highest BCUT2D eigenvalue weighted by molar-refractivity contribution is 7.09. The maximum Gasteiger partial charge on any atom is 0.273 e. The van der Waals surface area contributed by atoms with Crippen molar-refractivity contribution in [2.45, 2.75) is 19.9 Å². The molecule has 0 aliphatic rings. The minimum Gasteiger partial charge on any atom is -0.395 e. The number of nitrogen functional groups attached to an aromatic ring is 1. The van der Waals surface area contributed by atoms with E-state index in [4.69, 9.17) is 16.2 Å². The molecule has 0 saturated heterocycles. The first-order valence-corrected chi connectivity index (χ1v) is 12.3. The van der Waals surface area contributed by atoms with Crippen LogP contribution >= 0.6 is 11.5 Å². The van der Waals surface area contributed by atoms with Gasteiger partial charge in [0.15, 0.2) is 5.69 Å². The van der Waals surface area contributed by atoms with Gasteiger partial charge in [-0.3, -0.25) is 19.3 Å². The molecule has 1 atom stereocenters. The third kappa shape index (κ3) is 6.07. The van der Waals surface area contributed by atoms with Crippen molar-refractivity contribution in [3.8, 4) is 0 Å². The fourth-order valence-electron chi connectivity index (χ4n) is 3.83. The SMILES string of the molecule is COCCNC(=O)[C@@H](c1ccc(N(C)C)cc1)N(C(=O)c1snc(C(N)=O)c1N)c1cc(C)ccc1C. The molecule has 3 aromatic rings. The molecule has 2 aromatic carbocycles. The number of hydrogen-bond acceptors (Lipinski definition) is 8. The van der Waals surface area contributed by atoms with Gasteiger partial charge in [-0.2, -0.15) is 4.37 Å². The molecule has 0 fully saturated rings. The number of carbonyl (C=O) groups excluding carboxylic acids is 3. The minimum atomic E-state index is -1.06. The van der Waals surface area contributed by atoms with Crippen LogP contribution in [0.2, 0.25) is 0 Å². The molecule has 3 amide bonds. The summed E-state index contributed by atoms with van der Waals surface area (Å²) in [6, 6.07) is 12.0. The Hall–Kier alpha value is -3.96. The first-order chi connectivity index (χ1) is 17.6. The second-order valence-corrected chi connectivity index (χ2v) is 9.55. The maximum atomic E-state index is 14.1. The average molecular weight is 525 g/mol. The van der Waals surface area contributed by atoms with Gasteiger partial charge in [0, 0.05) is 39.1 Å². The van der Waals surface area contributed by atoms with Gasteiger partial charge >= 0.3 is 0 Å². The zero-order valence-electron chi connectivity index (χ0n) is 21.6. The van der Waals surface area contributed by atoms with Crippen LogP contribution in [0.4, 0.5) is 17.1 Å². The number of amides is 3. The van der Waals surface area contributed by atoms with Gasteiger partial charge in [0.2, 0.25) is 5.91 Å². The van der Waals surface area contributed by atoms with Crippen LogP contribution < -0.4 is 26.6 Å². The first-order valence-electron chi connectivity index (χ1n) is 11.6. The Kier molecular flexibility index (Phi) is 8.85. The summed E-state index contributed by atoms with van der Waals surface area (Å²) in [6.07, 6.45) is 0. The lowest BCUT2D eigenvalue weighted by atomic mass is 10.00. The molecule has 0 radical (unpaired) electrons. The van der Waals surface area contributed by atoms with Crippen LogP contribution in [0.1, 0.15) is 42.9 Å². The summed E-state index contributed by atoms with van der Waals surface area (Å²) in [5.41, 5.74) is 15.0. The van der Waals surface area contributed by atoms with Crippen LogP contribution in [0.3, 0.4) is 0 Å². The number of anilines is 3. The number of aromatic nitrogens is 1. The second-order valence-electron chi connectivity index (χ2n) is 8.78. The smallest absolute Gasteiger partial charge is 0.273 e. The van der Waals surface area contributed by atoms with Gasteiger partial charge in [-0.05, 0) is 60.3 Å². The van der Waals surface area contributed by atoms with Crippen molar-refractivity contribution in [3.05, 3.63) is 69.7 Å². The van der Waals surface area contributed by atoms with Crippen LogP contribution in [-0.4, -0.2) is 56.5 Å². The van der Waals surface area contributed by atoms with E-state index in [-0.39, 0.29) is 22.8 Å². The lowest BCUT2D eigenvalue weighted by Crippen LogP contribution is -2.45. The van der Waals surface area contributed by atoms with E-state index in [1.807, 2.05) is 75.3 Å². The molecule has 0 aliphatic heterocycles. The van der Waals surface area contributed by atoms with Gasteiger partial charge < -0.3 is 26.4 Å². The van der Waals surface area contributed by atoms with Gasteiger partial charge in [0.25, 0.3) is 11.8 Å². The number of benzene rings is 2. The predicted molar refractivity (Wildman–Crippen MR) is 146 cm³/mol. The lowest BCUT2D eigenvalue weighted by Gasteiger charge is -2.32. The van der Waals surface area contributed by atoms with Crippen LogP contribution in [0.15, 0.2) is 42.5 Å². The minimum absolute atomic E-state index is 0.0225. The highest BCUT2D eigenvalue weighted by Gasteiger charge is 2.36. The van der Waals surface area contributed by atoms with E-state index in [0.717, 1.165) is 28.3 Å². The van der Waals surface area contributed by atoms with Crippen molar-refractivity contribution in [2.75, 3.05) is 49.9 Å². The Labute approximate surface area is 220 Å². The molecule has 1 aromatic heterocycles. The van der Waals surface area contributed by atoms with Gasteiger partial charge in [-0.1, -0.05) is 24.3 Å². The molecule has 5 N–H and O–H groups in total. The lowest BCUT2D eigenvalue weighted by molar-refractivity contribution is -0.122. The quantitative estimate of drug-likeness (QED) is 0.346. The van der Waals surface area contributed by atoms with Crippen molar-refractivity contribution in [3.63, 3.8) is 0 Å². The van der Waals surface area contributed by atoms with Crippen molar-refractivity contribution in [1.29, 1.82) is 0 Å². The largest absolute Gasteiger partial charge is 0.395 e. The van der Waals surface area contributed by atoms with E-state index in [1.54, 1.807) is 7.11 Å². The van der Waals surface area contributed by atoms with E-state index in [1.165, 1.54) is 4.90 Å². The van der Waals surface area contributed by atoms with Crippen LogP contribution in [-0.2, 0) is 9.53 Å². The number of hydrogen-bond donors (Lipinski definition) is 3. The van der Waals surface area contributed by atoms with Gasteiger partial charge in [-0.25, -0.2) is 0 Å². The van der Waals surface area contributed by atoms with E-state index in [0.29, 0.717) is 17.9 Å². The van der Waals surface area contributed by atoms with Crippen LogP contribution in [0.25, 0.3) is 0 Å². The average Bonchev–Trinajstić information content (AvgIpc) is 3.25. The molecule has 37 heavy (non-hydrogen) atoms. The van der Waals surface area contributed by atoms with Crippen LogP contribution in [0.5, 0.6) is 0 Å². The fraction of sp³-hybridized carbons (Fsp3) is 0.308. The van der Waals surface area contributed by atoms with Gasteiger partial charge in [-0.15, -0.1) is 0 Å². The molecule has 0 saturated carbocycles. The van der Waals surface area contributed by atoms with Crippen LogP contribution in [0, 0.1) is 13.8 Å². The third-order valence-corrected chi connectivity index (χ3v) is 6.69. The molecule has 0 unspecified atom stereocenters. The molecule has 0 aliphatic carbocycles. The Morgan fingerprint density at radius 1 is 1.11 bits per heavy atom. The highest BCUT2D eigenvalue weighted by Crippen LogP contribution is 2.35. The van der Waals surface area contributed by atoms with Gasteiger partial charge in [0.05, 0.1) is 12.3 Å². The number of nitrogens with zero attached hydrogens (tertiary/aromatic N) is 3. The number of ether oxygens (including phenoxy) is 1. The van der Waals surface area contributed by atoms with E-state index >= 15 is 0 Å². The van der Waals surface area contributed by atoms with Crippen molar-refractivity contribution in [2.24, 2.45) is 5.73 Å². The number of nitrogens with two attached hydrogens (primary N) is 2. The summed E-state index contributed by atoms with van der Waals surface area (Å²) < 4.78 is 9.08. The summed E-state index contributed by atoms with van der Waals surface area (Å²) in [7, 11) is 5.37. The van der Waals surface area contributed by atoms with Gasteiger partial charge in [0.1, 0.15) is 10.9 Å². The third-order valence-electron chi connectivity index (χ3n) is 5.84. The topological polar surface area (TPSA) is 144 Å². The zero-order valence-corrected chi connectivity index (χ0v) is 22.4. The van der Waals surface area contributed by atoms with Crippen molar-refractivity contribution >= 4 is 46.3 Å². The molecule has 10 nitrogen and oxygen atoms in total. The Morgan fingerprint density at radius 3 is 2.35 bits per heavy atom. The van der Waals surface area contributed by atoms with E-state index in [2.05, 4.69) is 9.69 Å². The molecule has 196 valence electrons. The molecular formula is C26H32N6O4S. The summed E-state index contributed by atoms with van der Waals surface area (Å²) in [4.78, 5) is 43.0. The Balaban J connectivity index is 2.23. The maximum absolute atomic E-state index is 14.1. The highest BCUT2D eigenvalue weighted by atomic mass is 32.1. The normalized spacial score (nSPS) is 11.6. The molecule has 0 spiro atoms. The number of methoxy groups -OCH3 is 1. The summed E-state index contributed by atoms with van der Waals surface area (Å²) >= 11 is 0.772. The number of carbonyl (C=O) groups is 3. The molecule has 11 heteroatoms. The Morgan fingerprint density at radius 2 is 1.78 bits per heavy atom. The Bertz CT molecular complexity index is 1290. The fourth-order valence-corrected chi connectivity index (χ4v) is 4.57. The summed E-state index contributed by atoms with van der Waals surface area (Å²) in [6.45, 7) is 4.32. The number of nitrogens with one attached hydrogen (secondary N) is 1. The molecule has 3 rings (SSSR count). The number of primary amides is 1.